The maximum atomic E-state index is 13.3. The van der Waals surface area contributed by atoms with E-state index in [-0.39, 0.29) is 5.56 Å². The molecule has 1 atom stereocenters. The van der Waals surface area contributed by atoms with Gasteiger partial charge >= 0.3 is 0 Å². The topological polar surface area (TPSA) is 48.9 Å². The molecular formula is C10H7F3N2O. The Morgan fingerprint density at radius 3 is 2.31 bits per heavy atom. The van der Waals surface area contributed by atoms with Crippen molar-refractivity contribution in [2.24, 2.45) is 0 Å². The molecule has 0 spiro atoms. The summed E-state index contributed by atoms with van der Waals surface area (Å²) in [6.07, 6.45) is 1.01. The minimum atomic E-state index is -1.51. The first kappa shape index (κ1) is 10.7. The monoisotopic (exact) mass is 228 g/mol. The van der Waals surface area contributed by atoms with Gasteiger partial charge in [0.25, 0.3) is 0 Å². The fourth-order valence-electron chi connectivity index (χ4n) is 1.39. The number of aliphatic hydroxyl groups excluding tert-OH is 1. The van der Waals surface area contributed by atoms with Crippen molar-refractivity contribution in [1.29, 1.82) is 0 Å². The number of nitrogens with one attached hydrogen (secondary N) is 1. The molecule has 0 radical (unpaired) electrons. The summed E-state index contributed by atoms with van der Waals surface area (Å²) in [4.78, 5) is 0. The number of halogens is 3. The van der Waals surface area contributed by atoms with Crippen molar-refractivity contribution < 1.29 is 18.3 Å². The number of aromatic amines is 1. The second-order valence-corrected chi connectivity index (χ2v) is 3.22. The van der Waals surface area contributed by atoms with Gasteiger partial charge in [0.05, 0.1) is 11.8 Å². The Hall–Kier alpha value is -1.82. The molecule has 1 heterocycles. The van der Waals surface area contributed by atoms with Gasteiger partial charge in [0.1, 0.15) is 23.6 Å². The Morgan fingerprint density at radius 2 is 1.81 bits per heavy atom. The SMILES string of the molecule is OC(c1cn[nH]c1)c1c(F)cc(F)cc1F. The Balaban J connectivity index is 2.48. The van der Waals surface area contributed by atoms with Crippen molar-refractivity contribution in [1.82, 2.24) is 10.2 Å². The maximum Gasteiger partial charge on any atom is 0.135 e. The number of aromatic nitrogens is 2. The normalized spacial score (nSPS) is 12.8. The first-order valence-corrected chi connectivity index (χ1v) is 4.41. The number of nitrogens with zero attached hydrogens (tertiary/aromatic N) is 1. The van der Waals surface area contributed by atoms with Crippen LogP contribution in [0.4, 0.5) is 13.2 Å². The lowest BCUT2D eigenvalue weighted by Crippen LogP contribution is -2.05. The first-order chi connectivity index (χ1) is 7.59. The van der Waals surface area contributed by atoms with E-state index in [4.69, 9.17) is 0 Å². The summed E-state index contributed by atoms with van der Waals surface area (Å²) < 4.78 is 39.2. The molecule has 1 aromatic carbocycles. The van der Waals surface area contributed by atoms with Crippen LogP contribution < -0.4 is 0 Å². The van der Waals surface area contributed by atoms with Gasteiger partial charge in [-0.25, -0.2) is 13.2 Å². The first-order valence-electron chi connectivity index (χ1n) is 4.41. The van der Waals surface area contributed by atoms with Gasteiger partial charge < -0.3 is 5.11 Å². The highest BCUT2D eigenvalue weighted by Gasteiger charge is 2.21. The molecule has 0 fully saturated rings. The molecule has 1 unspecified atom stereocenters. The number of hydrogen-bond donors (Lipinski definition) is 2. The van der Waals surface area contributed by atoms with E-state index >= 15 is 0 Å². The van der Waals surface area contributed by atoms with Crippen molar-refractivity contribution in [2.45, 2.75) is 6.10 Å². The second kappa shape index (κ2) is 3.97. The Bertz CT molecular complexity index is 476. The van der Waals surface area contributed by atoms with Gasteiger partial charge in [-0.2, -0.15) is 5.10 Å². The standard InChI is InChI=1S/C10H7F3N2O/c11-6-1-7(12)9(8(13)2-6)10(16)5-3-14-15-4-5/h1-4,10,16H,(H,14,15). The van der Waals surface area contributed by atoms with Crippen LogP contribution in [0.1, 0.15) is 17.2 Å². The van der Waals surface area contributed by atoms with Gasteiger partial charge in [0.2, 0.25) is 0 Å². The fraction of sp³-hybridized carbons (Fsp3) is 0.100. The molecule has 84 valence electrons. The van der Waals surface area contributed by atoms with Gasteiger partial charge in [-0.1, -0.05) is 0 Å². The predicted octanol–water partition coefficient (Wildman–Crippen LogP) is 1.91. The highest BCUT2D eigenvalue weighted by atomic mass is 19.1. The zero-order chi connectivity index (χ0) is 11.7. The summed E-state index contributed by atoms with van der Waals surface area (Å²) in [6, 6.07) is 1.03. The van der Waals surface area contributed by atoms with Gasteiger partial charge in [0.15, 0.2) is 0 Å². The van der Waals surface area contributed by atoms with Crippen LogP contribution in [-0.4, -0.2) is 15.3 Å². The summed E-state index contributed by atoms with van der Waals surface area (Å²) in [5.74, 6) is -3.30. The van der Waals surface area contributed by atoms with Crippen molar-refractivity contribution in [2.75, 3.05) is 0 Å². The van der Waals surface area contributed by atoms with E-state index in [1.165, 1.54) is 12.4 Å². The Kier molecular flexibility index (Phi) is 2.66. The largest absolute Gasteiger partial charge is 0.383 e. The van der Waals surface area contributed by atoms with Crippen molar-refractivity contribution in [3.05, 3.63) is 53.1 Å². The van der Waals surface area contributed by atoms with Gasteiger partial charge in [0, 0.05) is 23.9 Å². The number of hydrogen-bond acceptors (Lipinski definition) is 2. The lowest BCUT2D eigenvalue weighted by atomic mass is 10.0. The van der Waals surface area contributed by atoms with Gasteiger partial charge in [-0.05, 0) is 0 Å². The zero-order valence-electron chi connectivity index (χ0n) is 7.92. The summed E-state index contributed by atoms with van der Waals surface area (Å²) in [5.41, 5.74) is -0.396. The fourth-order valence-corrected chi connectivity index (χ4v) is 1.39. The van der Waals surface area contributed by atoms with Crippen LogP contribution in [0.15, 0.2) is 24.5 Å². The van der Waals surface area contributed by atoms with Crippen LogP contribution >= 0.6 is 0 Å². The second-order valence-electron chi connectivity index (χ2n) is 3.22. The molecule has 0 aliphatic heterocycles. The quantitative estimate of drug-likeness (QED) is 0.824. The summed E-state index contributed by atoms with van der Waals surface area (Å²) in [7, 11) is 0. The molecule has 2 N–H and O–H groups in total. The van der Waals surface area contributed by atoms with Crippen LogP contribution in [0.2, 0.25) is 0 Å². The number of H-pyrrole nitrogens is 1. The Labute approximate surface area is 88.5 Å². The number of rotatable bonds is 2. The Morgan fingerprint density at radius 1 is 1.19 bits per heavy atom. The molecule has 0 bridgehead atoms. The van der Waals surface area contributed by atoms with Crippen molar-refractivity contribution in [3.63, 3.8) is 0 Å². The minimum Gasteiger partial charge on any atom is -0.383 e. The highest BCUT2D eigenvalue weighted by Crippen LogP contribution is 2.26. The number of aliphatic hydroxyl groups is 1. The van der Waals surface area contributed by atoms with E-state index < -0.39 is 29.1 Å². The number of benzene rings is 1. The molecule has 6 heteroatoms. The van der Waals surface area contributed by atoms with Crippen LogP contribution in [0.25, 0.3) is 0 Å². The molecular weight excluding hydrogens is 221 g/mol. The van der Waals surface area contributed by atoms with Crippen LogP contribution in [0.5, 0.6) is 0 Å². The molecule has 0 aliphatic rings. The van der Waals surface area contributed by atoms with E-state index in [0.717, 1.165) is 0 Å². The molecule has 2 aromatic rings. The van der Waals surface area contributed by atoms with Crippen LogP contribution in [0.3, 0.4) is 0 Å². The molecule has 1 aromatic heterocycles. The molecule has 0 aliphatic carbocycles. The van der Waals surface area contributed by atoms with Crippen molar-refractivity contribution in [3.8, 4) is 0 Å². The average Bonchev–Trinajstić information content (AvgIpc) is 2.67. The van der Waals surface area contributed by atoms with Gasteiger partial charge in [-0.3, -0.25) is 5.10 Å². The molecule has 0 amide bonds. The smallest absolute Gasteiger partial charge is 0.135 e. The third kappa shape index (κ3) is 1.79. The van der Waals surface area contributed by atoms with Gasteiger partial charge in [-0.15, -0.1) is 0 Å². The molecule has 16 heavy (non-hydrogen) atoms. The predicted molar refractivity (Wildman–Crippen MR) is 49.0 cm³/mol. The summed E-state index contributed by atoms with van der Waals surface area (Å²) in [5, 5.41) is 15.6. The summed E-state index contributed by atoms with van der Waals surface area (Å²) >= 11 is 0. The lowest BCUT2D eigenvalue weighted by molar-refractivity contribution is 0.208. The van der Waals surface area contributed by atoms with E-state index in [1.54, 1.807) is 0 Å². The van der Waals surface area contributed by atoms with E-state index in [9.17, 15) is 18.3 Å². The molecule has 0 saturated carbocycles. The average molecular weight is 228 g/mol. The zero-order valence-corrected chi connectivity index (χ0v) is 7.92. The maximum absolute atomic E-state index is 13.3. The molecule has 2 rings (SSSR count). The van der Waals surface area contributed by atoms with Crippen molar-refractivity contribution >= 4 is 0 Å². The molecule has 3 nitrogen and oxygen atoms in total. The van der Waals surface area contributed by atoms with E-state index in [2.05, 4.69) is 10.2 Å². The third-order valence-electron chi connectivity index (χ3n) is 2.15. The summed E-state index contributed by atoms with van der Waals surface area (Å²) in [6.45, 7) is 0. The lowest BCUT2D eigenvalue weighted by Gasteiger charge is -2.10. The third-order valence-corrected chi connectivity index (χ3v) is 2.15. The highest BCUT2D eigenvalue weighted by molar-refractivity contribution is 5.29. The molecule has 0 saturated heterocycles. The van der Waals surface area contributed by atoms with Crippen LogP contribution in [0, 0.1) is 17.5 Å². The minimum absolute atomic E-state index is 0.199. The van der Waals surface area contributed by atoms with E-state index in [1.807, 2.05) is 0 Å². The van der Waals surface area contributed by atoms with Crippen LogP contribution in [-0.2, 0) is 0 Å². The van der Waals surface area contributed by atoms with E-state index in [0.29, 0.717) is 12.1 Å².